The van der Waals surface area contributed by atoms with Gasteiger partial charge in [0.15, 0.2) is 0 Å². The Bertz CT molecular complexity index is 710. The molecule has 0 fully saturated rings. The Morgan fingerprint density at radius 2 is 1.91 bits per heavy atom. The molecular formula is C17H24ClN3O. The summed E-state index contributed by atoms with van der Waals surface area (Å²) in [5.74, 6) is -0.124. The SMILES string of the molecule is Cc1nc2ccc(Cl)cn2c1C(=O)NC(C)(C)CC(C)(C)C. The molecule has 2 rings (SSSR count). The molecule has 0 aliphatic heterocycles. The fourth-order valence-corrected chi connectivity index (χ4v) is 3.31. The zero-order valence-electron chi connectivity index (χ0n) is 14.1. The lowest BCUT2D eigenvalue weighted by atomic mass is 9.82. The number of carbonyl (C=O) groups is 1. The molecule has 0 spiro atoms. The number of pyridine rings is 1. The summed E-state index contributed by atoms with van der Waals surface area (Å²) in [6.45, 7) is 12.4. The van der Waals surface area contributed by atoms with Crippen LogP contribution in [0.5, 0.6) is 0 Å². The van der Waals surface area contributed by atoms with E-state index in [0.717, 1.165) is 12.1 Å². The Kier molecular flexibility index (Phi) is 4.26. The summed E-state index contributed by atoms with van der Waals surface area (Å²) in [4.78, 5) is 17.2. The van der Waals surface area contributed by atoms with Gasteiger partial charge >= 0.3 is 0 Å². The van der Waals surface area contributed by atoms with Crippen LogP contribution in [0.4, 0.5) is 0 Å². The molecule has 0 atom stereocenters. The van der Waals surface area contributed by atoms with Gasteiger partial charge in [-0.2, -0.15) is 0 Å². The van der Waals surface area contributed by atoms with E-state index in [1.165, 1.54) is 0 Å². The van der Waals surface area contributed by atoms with Gasteiger partial charge in [0.05, 0.1) is 10.7 Å². The molecule has 0 aliphatic rings. The number of fused-ring (bicyclic) bond motifs is 1. The van der Waals surface area contributed by atoms with Crippen LogP contribution >= 0.6 is 11.6 Å². The van der Waals surface area contributed by atoms with Crippen molar-refractivity contribution in [2.45, 2.75) is 53.5 Å². The van der Waals surface area contributed by atoms with E-state index >= 15 is 0 Å². The maximum Gasteiger partial charge on any atom is 0.270 e. The Morgan fingerprint density at radius 3 is 2.50 bits per heavy atom. The first-order valence-corrected chi connectivity index (χ1v) is 7.83. The van der Waals surface area contributed by atoms with Crippen molar-refractivity contribution in [3.63, 3.8) is 0 Å². The van der Waals surface area contributed by atoms with E-state index in [-0.39, 0.29) is 16.9 Å². The fourth-order valence-electron chi connectivity index (χ4n) is 3.15. The zero-order valence-corrected chi connectivity index (χ0v) is 14.9. The number of hydrogen-bond donors (Lipinski definition) is 1. The molecule has 0 unspecified atom stereocenters. The second-order valence-electron chi connectivity index (χ2n) is 7.70. The average molecular weight is 322 g/mol. The minimum absolute atomic E-state index is 0.124. The lowest BCUT2D eigenvalue weighted by Gasteiger charge is -2.33. The predicted molar refractivity (Wildman–Crippen MR) is 90.6 cm³/mol. The highest BCUT2D eigenvalue weighted by molar-refractivity contribution is 6.30. The summed E-state index contributed by atoms with van der Waals surface area (Å²) in [5.41, 5.74) is 1.80. The van der Waals surface area contributed by atoms with E-state index in [4.69, 9.17) is 11.6 Å². The van der Waals surface area contributed by atoms with Gasteiger partial charge in [0.1, 0.15) is 11.3 Å². The molecule has 5 heteroatoms. The second kappa shape index (κ2) is 5.58. The van der Waals surface area contributed by atoms with E-state index < -0.39 is 0 Å². The molecule has 1 amide bonds. The molecule has 2 aromatic heterocycles. The Labute approximate surface area is 136 Å². The van der Waals surface area contributed by atoms with Crippen molar-refractivity contribution in [3.8, 4) is 0 Å². The number of amides is 1. The number of nitrogens with one attached hydrogen (secondary N) is 1. The first kappa shape index (κ1) is 16.8. The quantitative estimate of drug-likeness (QED) is 0.919. The minimum atomic E-state index is -0.301. The third-order valence-corrected chi connectivity index (χ3v) is 3.62. The van der Waals surface area contributed by atoms with E-state index in [0.29, 0.717) is 16.4 Å². The molecule has 0 aromatic carbocycles. The van der Waals surface area contributed by atoms with Crippen molar-refractivity contribution in [2.75, 3.05) is 0 Å². The van der Waals surface area contributed by atoms with Crippen molar-refractivity contribution in [1.82, 2.24) is 14.7 Å². The third kappa shape index (κ3) is 3.80. The Balaban J connectivity index is 2.34. The van der Waals surface area contributed by atoms with Gasteiger partial charge in [-0.25, -0.2) is 4.98 Å². The van der Waals surface area contributed by atoms with Gasteiger partial charge in [0.25, 0.3) is 5.91 Å². The van der Waals surface area contributed by atoms with Gasteiger partial charge in [-0.1, -0.05) is 32.4 Å². The lowest BCUT2D eigenvalue weighted by Crippen LogP contribution is -2.46. The van der Waals surface area contributed by atoms with Gasteiger partial charge in [-0.3, -0.25) is 9.20 Å². The summed E-state index contributed by atoms with van der Waals surface area (Å²) >= 11 is 6.04. The number of rotatable bonds is 3. The molecule has 0 saturated carbocycles. The van der Waals surface area contributed by atoms with Gasteiger partial charge in [0.2, 0.25) is 0 Å². The Hall–Kier alpha value is -1.55. The van der Waals surface area contributed by atoms with E-state index in [2.05, 4.69) is 31.1 Å². The summed E-state index contributed by atoms with van der Waals surface area (Å²) in [5, 5.41) is 3.70. The van der Waals surface area contributed by atoms with Crippen LogP contribution < -0.4 is 5.32 Å². The van der Waals surface area contributed by atoms with Crippen molar-refractivity contribution >= 4 is 23.2 Å². The third-order valence-electron chi connectivity index (χ3n) is 3.40. The lowest BCUT2D eigenvalue weighted by molar-refractivity contribution is 0.0884. The van der Waals surface area contributed by atoms with E-state index in [1.54, 1.807) is 16.7 Å². The van der Waals surface area contributed by atoms with Crippen LogP contribution in [0.1, 0.15) is 57.2 Å². The minimum Gasteiger partial charge on any atom is -0.346 e. The highest BCUT2D eigenvalue weighted by atomic mass is 35.5. The number of hydrogen-bond acceptors (Lipinski definition) is 2. The summed E-state index contributed by atoms with van der Waals surface area (Å²) in [7, 11) is 0. The number of imidazole rings is 1. The van der Waals surface area contributed by atoms with E-state index in [9.17, 15) is 4.79 Å². The van der Waals surface area contributed by atoms with Crippen LogP contribution in [0.25, 0.3) is 5.65 Å². The van der Waals surface area contributed by atoms with Crippen LogP contribution in [0, 0.1) is 12.3 Å². The first-order chi connectivity index (χ1) is 9.98. The normalized spacial score (nSPS) is 12.7. The number of halogens is 1. The molecular weight excluding hydrogens is 298 g/mol. The highest BCUT2D eigenvalue weighted by Gasteiger charge is 2.29. The summed E-state index contributed by atoms with van der Waals surface area (Å²) in [6.07, 6.45) is 2.60. The van der Waals surface area contributed by atoms with Crippen molar-refractivity contribution < 1.29 is 4.79 Å². The molecule has 22 heavy (non-hydrogen) atoms. The van der Waals surface area contributed by atoms with Gasteiger partial charge in [-0.05, 0) is 44.7 Å². The molecule has 1 N–H and O–H groups in total. The maximum absolute atomic E-state index is 12.7. The van der Waals surface area contributed by atoms with Gasteiger partial charge < -0.3 is 5.32 Å². The van der Waals surface area contributed by atoms with Crippen molar-refractivity contribution in [3.05, 3.63) is 34.7 Å². The van der Waals surface area contributed by atoms with Crippen molar-refractivity contribution in [1.29, 1.82) is 0 Å². The van der Waals surface area contributed by atoms with E-state index in [1.807, 2.05) is 26.8 Å². The fraction of sp³-hybridized carbons (Fsp3) is 0.529. The number of nitrogens with zero attached hydrogens (tertiary/aromatic N) is 2. The second-order valence-corrected chi connectivity index (χ2v) is 8.13. The summed E-state index contributed by atoms with van der Waals surface area (Å²) < 4.78 is 1.75. The number of carbonyl (C=O) groups excluding carboxylic acids is 1. The maximum atomic E-state index is 12.7. The van der Waals surface area contributed by atoms with Crippen LogP contribution in [0.3, 0.4) is 0 Å². The molecule has 0 bridgehead atoms. The molecule has 2 heterocycles. The first-order valence-electron chi connectivity index (χ1n) is 7.45. The van der Waals surface area contributed by atoms with Crippen molar-refractivity contribution in [2.24, 2.45) is 5.41 Å². The molecule has 2 aromatic rings. The molecule has 120 valence electrons. The predicted octanol–water partition coefficient (Wildman–Crippen LogP) is 4.24. The Morgan fingerprint density at radius 1 is 1.27 bits per heavy atom. The van der Waals surface area contributed by atoms with Gasteiger partial charge in [-0.15, -0.1) is 0 Å². The number of aromatic nitrogens is 2. The smallest absolute Gasteiger partial charge is 0.270 e. The number of aryl methyl sites for hydroxylation is 1. The molecule has 0 aliphatic carbocycles. The molecule has 0 saturated heterocycles. The van der Waals surface area contributed by atoms with Crippen LogP contribution in [0.2, 0.25) is 5.02 Å². The van der Waals surface area contributed by atoms with Gasteiger partial charge in [0, 0.05) is 11.7 Å². The largest absolute Gasteiger partial charge is 0.346 e. The zero-order chi connectivity index (χ0) is 16.7. The molecule has 0 radical (unpaired) electrons. The van der Waals surface area contributed by atoms with Crippen LogP contribution in [0.15, 0.2) is 18.3 Å². The summed E-state index contributed by atoms with van der Waals surface area (Å²) in [6, 6.07) is 3.58. The standard InChI is InChI=1S/C17H24ClN3O/c1-11-14(21-9-12(18)7-8-13(21)19-11)15(22)20-17(5,6)10-16(2,3)4/h7-9H,10H2,1-6H3,(H,20,22). The van der Waals surface area contributed by atoms with Crippen LogP contribution in [-0.2, 0) is 0 Å². The topological polar surface area (TPSA) is 46.4 Å². The van der Waals surface area contributed by atoms with Crippen LogP contribution in [-0.4, -0.2) is 20.8 Å². The molecule has 4 nitrogen and oxygen atoms in total. The monoisotopic (exact) mass is 321 g/mol. The average Bonchev–Trinajstić information content (AvgIpc) is 2.60. The highest BCUT2D eigenvalue weighted by Crippen LogP contribution is 2.27.